The molecule has 0 unspecified atom stereocenters. The summed E-state index contributed by atoms with van der Waals surface area (Å²) in [4.78, 5) is -0.669. The van der Waals surface area contributed by atoms with E-state index in [0.29, 0.717) is 17.7 Å². The van der Waals surface area contributed by atoms with Crippen molar-refractivity contribution in [2.24, 2.45) is 0 Å². The first-order chi connectivity index (χ1) is 19.9. The monoisotopic (exact) mass is 578 g/mol. The zero-order chi connectivity index (χ0) is 28.8. The van der Waals surface area contributed by atoms with Gasteiger partial charge in [-0.05, 0) is 41.5 Å². The van der Waals surface area contributed by atoms with Crippen LogP contribution in [-0.4, -0.2) is 43.8 Å². The molecule has 0 atom stereocenters. The van der Waals surface area contributed by atoms with E-state index in [0.717, 1.165) is 21.5 Å². The Bertz CT molecular complexity index is 1740. The van der Waals surface area contributed by atoms with Crippen LogP contribution in [0.2, 0.25) is 0 Å². The molecular weight excluding hydrogens is 551 g/mol. The third-order valence-electron chi connectivity index (χ3n) is 6.06. The van der Waals surface area contributed by atoms with Gasteiger partial charge in [0.1, 0.15) is 29.3 Å². The summed E-state index contributed by atoms with van der Waals surface area (Å²) in [5.74, 6) is -0.966. The fourth-order valence-electron chi connectivity index (χ4n) is 4.27. The molecule has 0 saturated heterocycles. The highest BCUT2D eigenvalue weighted by Gasteiger charge is 2.35. The number of hydrogen-bond donors (Lipinski definition) is 0. The maximum atomic E-state index is 15.1. The highest BCUT2D eigenvalue weighted by Crippen LogP contribution is 2.40. The smallest absolute Gasteiger partial charge is 0.272 e. The summed E-state index contributed by atoms with van der Waals surface area (Å²) >= 11 is 0. The van der Waals surface area contributed by atoms with Crippen molar-refractivity contribution in [3.63, 3.8) is 0 Å². The summed E-state index contributed by atoms with van der Waals surface area (Å²) in [7, 11) is -3.22. The number of anilines is 1. The number of benzene rings is 3. The minimum atomic E-state index is -4.59. The number of rotatable bonds is 13. The number of aromatic nitrogens is 3. The van der Waals surface area contributed by atoms with E-state index in [4.69, 9.17) is 18.7 Å². The van der Waals surface area contributed by atoms with Crippen LogP contribution in [0.4, 0.5) is 10.2 Å². The van der Waals surface area contributed by atoms with E-state index in [9.17, 15) is 8.42 Å². The SMILES string of the molecule is C=CCN(c1noc2cc(Cn3cccn3)cc(OCc3ccccc3)c12)S(=O)(=O)c1c(F)cccc1OCOC. The number of sulfonamides is 1. The van der Waals surface area contributed by atoms with Gasteiger partial charge in [0.15, 0.2) is 23.1 Å². The first kappa shape index (κ1) is 27.9. The van der Waals surface area contributed by atoms with E-state index >= 15 is 4.39 Å². The number of ether oxygens (including phenoxy) is 3. The third-order valence-corrected chi connectivity index (χ3v) is 7.88. The van der Waals surface area contributed by atoms with Gasteiger partial charge in [-0.3, -0.25) is 4.68 Å². The molecule has 10 nitrogen and oxygen atoms in total. The molecule has 0 N–H and O–H groups in total. The summed E-state index contributed by atoms with van der Waals surface area (Å²) < 4.78 is 68.0. The van der Waals surface area contributed by atoms with Gasteiger partial charge >= 0.3 is 0 Å². The summed E-state index contributed by atoms with van der Waals surface area (Å²) in [6.45, 7) is 3.78. The van der Waals surface area contributed by atoms with Gasteiger partial charge in [0, 0.05) is 19.5 Å². The van der Waals surface area contributed by atoms with E-state index in [2.05, 4.69) is 16.8 Å². The second kappa shape index (κ2) is 12.2. The second-order valence-electron chi connectivity index (χ2n) is 8.89. The van der Waals surface area contributed by atoms with Crippen LogP contribution in [-0.2, 0) is 27.9 Å². The average Bonchev–Trinajstić information content (AvgIpc) is 3.64. The predicted octanol–water partition coefficient (Wildman–Crippen LogP) is 5.15. The Kier molecular flexibility index (Phi) is 8.31. The highest BCUT2D eigenvalue weighted by molar-refractivity contribution is 7.93. The summed E-state index contributed by atoms with van der Waals surface area (Å²) in [6.07, 6.45) is 4.85. The Morgan fingerprint density at radius 3 is 2.61 bits per heavy atom. The van der Waals surface area contributed by atoms with Crippen LogP contribution in [0.5, 0.6) is 11.5 Å². The molecule has 212 valence electrons. The van der Waals surface area contributed by atoms with Crippen LogP contribution >= 0.6 is 0 Å². The Hall–Kier alpha value is -4.68. The van der Waals surface area contributed by atoms with Crippen LogP contribution < -0.4 is 13.8 Å². The first-order valence-electron chi connectivity index (χ1n) is 12.5. The molecule has 0 amide bonds. The zero-order valence-electron chi connectivity index (χ0n) is 22.1. The van der Waals surface area contributed by atoms with Gasteiger partial charge in [0.25, 0.3) is 10.0 Å². The first-order valence-corrected chi connectivity index (χ1v) is 14.0. The third kappa shape index (κ3) is 5.93. The molecular formula is C29H27FN4O6S. The molecule has 0 aliphatic carbocycles. The minimum Gasteiger partial charge on any atom is -0.488 e. The van der Waals surface area contributed by atoms with Crippen LogP contribution in [0.25, 0.3) is 11.0 Å². The van der Waals surface area contributed by atoms with Crippen molar-refractivity contribution < 1.29 is 31.5 Å². The van der Waals surface area contributed by atoms with Crippen LogP contribution in [0, 0.1) is 5.82 Å². The average molecular weight is 579 g/mol. The maximum Gasteiger partial charge on any atom is 0.272 e. The van der Waals surface area contributed by atoms with E-state index in [1.807, 2.05) is 42.6 Å². The largest absolute Gasteiger partial charge is 0.488 e. The molecule has 3 aromatic carbocycles. The number of halogens is 1. The van der Waals surface area contributed by atoms with Crippen LogP contribution in [0.15, 0.2) is 101 Å². The number of hydrogen-bond acceptors (Lipinski definition) is 8. The van der Waals surface area contributed by atoms with Crippen LogP contribution in [0.1, 0.15) is 11.1 Å². The zero-order valence-corrected chi connectivity index (χ0v) is 23.0. The molecule has 2 aromatic heterocycles. The molecule has 2 heterocycles. The molecule has 0 aliphatic heterocycles. The Labute approximate surface area is 236 Å². The van der Waals surface area contributed by atoms with Crippen molar-refractivity contribution in [1.29, 1.82) is 0 Å². The summed E-state index contributed by atoms with van der Waals surface area (Å²) in [6, 6.07) is 18.6. The van der Waals surface area contributed by atoms with Gasteiger partial charge in [-0.25, -0.2) is 17.1 Å². The molecule has 5 aromatic rings. The molecule has 0 bridgehead atoms. The molecule has 0 fully saturated rings. The van der Waals surface area contributed by atoms with E-state index < -0.39 is 20.7 Å². The predicted molar refractivity (Wildman–Crippen MR) is 150 cm³/mol. The summed E-state index contributed by atoms with van der Waals surface area (Å²) in [5, 5.41) is 8.66. The van der Waals surface area contributed by atoms with Crippen molar-refractivity contribution in [1.82, 2.24) is 14.9 Å². The van der Waals surface area contributed by atoms with Crippen molar-refractivity contribution in [3.05, 3.63) is 109 Å². The normalized spacial score (nSPS) is 11.5. The Balaban J connectivity index is 1.63. The van der Waals surface area contributed by atoms with Gasteiger partial charge in [-0.15, -0.1) is 6.58 Å². The summed E-state index contributed by atoms with van der Waals surface area (Å²) in [5.41, 5.74) is 1.97. The Morgan fingerprint density at radius 2 is 1.88 bits per heavy atom. The highest BCUT2D eigenvalue weighted by atomic mass is 32.2. The lowest BCUT2D eigenvalue weighted by molar-refractivity contribution is 0.0486. The molecule has 5 rings (SSSR count). The molecule has 0 spiro atoms. The lowest BCUT2D eigenvalue weighted by Crippen LogP contribution is -2.32. The van der Waals surface area contributed by atoms with Gasteiger partial charge in [-0.1, -0.05) is 47.6 Å². The quantitative estimate of drug-likeness (QED) is 0.139. The Morgan fingerprint density at radius 1 is 1.05 bits per heavy atom. The van der Waals surface area contributed by atoms with Gasteiger partial charge < -0.3 is 18.7 Å². The maximum absolute atomic E-state index is 15.1. The van der Waals surface area contributed by atoms with Crippen molar-refractivity contribution in [2.45, 2.75) is 18.0 Å². The van der Waals surface area contributed by atoms with E-state index in [-0.39, 0.29) is 37.1 Å². The molecule has 12 heteroatoms. The lowest BCUT2D eigenvalue weighted by Gasteiger charge is -2.23. The standard InChI is InChI=1S/C29H27FN4O6S/c1-3-14-34(41(35,36)28-23(30)11-7-12-24(28)39-20-37-2)29-27-25(38-19-21-9-5-4-6-10-21)16-22(17-26(27)40-32-29)18-33-15-8-13-31-33/h3-13,15-17H,1,14,18-20H2,2H3. The molecule has 0 aliphatic rings. The van der Waals surface area contributed by atoms with Gasteiger partial charge in [-0.2, -0.15) is 5.10 Å². The van der Waals surface area contributed by atoms with Gasteiger partial charge in [0.2, 0.25) is 0 Å². The van der Waals surface area contributed by atoms with Crippen molar-refractivity contribution >= 4 is 26.8 Å². The lowest BCUT2D eigenvalue weighted by atomic mass is 10.1. The minimum absolute atomic E-state index is 0.0884. The molecule has 41 heavy (non-hydrogen) atoms. The molecule has 0 radical (unpaired) electrons. The number of nitrogens with zero attached hydrogens (tertiary/aromatic N) is 4. The fourth-order valence-corrected chi connectivity index (χ4v) is 5.84. The van der Waals surface area contributed by atoms with E-state index in [1.165, 1.54) is 25.3 Å². The topological polar surface area (TPSA) is 109 Å². The van der Waals surface area contributed by atoms with Crippen molar-refractivity contribution in [2.75, 3.05) is 24.8 Å². The number of methoxy groups -OCH3 is 1. The van der Waals surface area contributed by atoms with Crippen LogP contribution in [0.3, 0.4) is 0 Å². The fraction of sp³-hybridized carbons (Fsp3) is 0.172. The second-order valence-corrected chi connectivity index (χ2v) is 10.7. The number of fused-ring (bicyclic) bond motifs is 1. The van der Waals surface area contributed by atoms with Gasteiger partial charge in [0.05, 0.1) is 13.1 Å². The molecule has 0 saturated carbocycles. The van der Waals surface area contributed by atoms with E-state index in [1.54, 1.807) is 23.0 Å². The van der Waals surface area contributed by atoms with Crippen molar-refractivity contribution in [3.8, 4) is 11.5 Å².